The lowest BCUT2D eigenvalue weighted by atomic mass is 10.0. The molecule has 1 atom stereocenters. The van der Waals surface area contributed by atoms with E-state index in [-0.39, 0.29) is 31.1 Å². The van der Waals surface area contributed by atoms with Crippen LogP contribution in [-0.4, -0.2) is 37.2 Å². The molecule has 6 nitrogen and oxygen atoms in total. The van der Waals surface area contributed by atoms with Crippen molar-refractivity contribution in [1.82, 2.24) is 0 Å². The normalized spacial score (nSPS) is 12.7. The van der Waals surface area contributed by atoms with Crippen LogP contribution in [0, 0.1) is 0 Å². The maximum absolute atomic E-state index is 12.7. The molecular weight excluding hydrogens is 889 g/mol. The number of carbonyl (C=O) groups excluding carboxylic acids is 3. The Kier molecular flexibility index (Phi) is 57.3. The number of hydrogen-bond donors (Lipinski definition) is 0. The lowest BCUT2D eigenvalue weighted by Crippen LogP contribution is -2.30. The van der Waals surface area contributed by atoms with Crippen molar-refractivity contribution in [2.45, 2.75) is 303 Å². The number of rotatable bonds is 55. The van der Waals surface area contributed by atoms with Gasteiger partial charge >= 0.3 is 17.9 Å². The van der Waals surface area contributed by atoms with Crippen molar-refractivity contribution in [3.8, 4) is 0 Å². The highest BCUT2D eigenvalue weighted by Gasteiger charge is 2.19. The van der Waals surface area contributed by atoms with Crippen molar-refractivity contribution in [1.29, 1.82) is 0 Å². The average Bonchev–Trinajstić information content (AvgIpc) is 3.38. The maximum atomic E-state index is 12.7. The second-order valence-corrected chi connectivity index (χ2v) is 20.2. The summed E-state index contributed by atoms with van der Waals surface area (Å²) in [6, 6.07) is 0. The first kappa shape index (κ1) is 68.6. The topological polar surface area (TPSA) is 78.9 Å². The molecule has 0 amide bonds. The summed E-state index contributed by atoms with van der Waals surface area (Å²) in [5.74, 6) is -0.899. The average molecular weight is 1000 g/mol. The molecule has 0 bridgehead atoms. The summed E-state index contributed by atoms with van der Waals surface area (Å²) in [6.45, 7) is 6.40. The van der Waals surface area contributed by atoms with Gasteiger partial charge in [0, 0.05) is 19.3 Å². The van der Waals surface area contributed by atoms with Crippen LogP contribution in [0.1, 0.15) is 297 Å². The minimum atomic E-state index is -0.777. The van der Waals surface area contributed by atoms with Gasteiger partial charge in [-0.1, -0.05) is 273 Å². The molecule has 6 heteroatoms. The summed E-state index contributed by atoms with van der Waals surface area (Å²) < 4.78 is 16.7. The molecule has 0 N–H and O–H groups in total. The van der Waals surface area contributed by atoms with Crippen LogP contribution in [0.25, 0.3) is 0 Å². The van der Waals surface area contributed by atoms with Gasteiger partial charge in [0.05, 0.1) is 0 Å². The monoisotopic (exact) mass is 1000 g/mol. The van der Waals surface area contributed by atoms with Crippen LogP contribution in [0.5, 0.6) is 0 Å². The Hall–Kier alpha value is -3.41. The van der Waals surface area contributed by atoms with E-state index in [2.05, 4.69) is 106 Å². The molecule has 0 aromatic heterocycles. The van der Waals surface area contributed by atoms with E-state index in [1.165, 1.54) is 135 Å². The minimum Gasteiger partial charge on any atom is -0.462 e. The Morgan fingerprint density at radius 3 is 0.889 bits per heavy atom. The van der Waals surface area contributed by atoms with Crippen LogP contribution in [-0.2, 0) is 28.6 Å². The van der Waals surface area contributed by atoms with Gasteiger partial charge in [-0.3, -0.25) is 14.4 Å². The number of esters is 3. The Labute approximate surface area is 445 Å². The zero-order valence-electron chi connectivity index (χ0n) is 47.4. The zero-order valence-corrected chi connectivity index (χ0v) is 47.4. The zero-order chi connectivity index (χ0) is 52.2. The summed E-state index contributed by atoms with van der Waals surface area (Å²) in [5, 5.41) is 0. The molecule has 0 aliphatic carbocycles. The molecule has 0 fully saturated rings. The van der Waals surface area contributed by atoms with Crippen LogP contribution in [0.3, 0.4) is 0 Å². The van der Waals surface area contributed by atoms with Gasteiger partial charge in [-0.25, -0.2) is 0 Å². The fourth-order valence-electron chi connectivity index (χ4n) is 8.55. The van der Waals surface area contributed by atoms with Crippen LogP contribution < -0.4 is 0 Å². The molecule has 0 aliphatic rings. The van der Waals surface area contributed by atoms with Crippen LogP contribution in [0.2, 0.25) is 0 Å². The molecule has 0 saturated heterocycles. The van der Waals surface area contributed by atoms with E-state index in [1.807, 2.05) is 0 Å². The SMILES string of the molecule is CC/C=C\C/C=C\C/C=C\C/C=C\C/C=C\CCCCCCCCCCCCCCCCCCCCCC(=O)OCC(COC(=O)CCCCCCC)OC(=O)CCCCCCC/C=C\C/C=C\CCCC. The number of unbranched alkanes of at least 4 members (excludes halogenated alkanes) is 30. The number of ether oxygens (including phenoxy) is 3. The highest BCUT2D eigenvalue weighted by Crippen LogP contribution is 2.16. The van der Waals surface area contributed by atoms with E-state index in [0.29, 0.717) is 19.3 Å². The fraction of sp³-hybridized carbons (Fsp3) is 0.742. The minimum absolute atomic E-state index is 0.0787. The first-order valence-corrected chi connectivity index (χ1v) is 30.6. The van der Waals surface area contributed by atoms with Gasteiger partial charge in [0.1, 0.15) is 13.2 Å². The number of hydrogen-bond acceptors (Lipinski definition) is 6. The molecule has 0 aliphatic heterocycles. The predicted octanol–water partition coefficient (Wildman–Crippen LogP) is 20.7. The number of allylic oxidation sites excluding steroid dienone is 14. The largest absolute Gasteiger partial charge is 0.462 e. The van der Waals surface area contributed by atoms with Crippen LogP contribution >= 0.6 is 0 Å². The Balaban J connectivity index is 3.90. The molecular formula is C66H114O6. The second kappa shape index (κ2) is 60.1. The van der Waals surface area contributed by atoms with E-state index in [9.17, 15) is 14.4 Å². The molecule has 0 aromatic carbocycles. The van der Waals surface area contributed by atoms with Crippen LogP contribution in [0.4, 0.5) is 0 Å². The highest BCUT2D eigenvalue weighted by molar-refractivity contribution is 5.71. The third-order valence-corrected chi connectivity index (χ3v) is 13.1. The van der Waals surface area contributed by atoms with Crippen molar-refractivity contribution in [3.63, 3.8) is 0 Å². The first-order valence-electron chi connectivity index (χ1n) is 30.6. The Bertz CT molecular complexity index is 1380. The van der Waals surface area contributed by atoms with E-state index in [4.69, 9.17) is 14.2 Å². The molecule has 72 heavy (non-hydrogen) atoms. The van der Waals surface area contributed by atoms with Gasteiger partial charge in [-0.05, 0) is 89.9 Å². The Morgan fingerprint density at radius 1 is 0.292 bits per heavy atom. The fourth-order valence-corrected chi connectivity index (χ4v) is 8.55. The van der Waals surface area contributed by atoms with E-state index in [0.717, 1.165) is 122 Å². The molecule has 0 radical (unpaired) electrons. The van der Waals surface area contributed by atoms with Crippen molar-refractivity contribution in [2.24, 2.45) is 0 Å². The van der Waals surface area contributed by atoms with Crippen molar-refractivity contribution in [3.05, 3.63) is 85.1 Å². The van der Waals surface area contributed by atoms with E-state index >= 15 is 0 Å². The first-order chi connectivity index (χ1) is 35.5. The van der Waals surface area contributed by atoms with Crippen molar-refractivity contribution >= 4 is 17.9 Å². The highest BCUT2D eigenvalue weighted by atomic mass is 16.6. The van der Waals surface area contributed by atoms with Crippen LogP contribution in [0.15, 0.2) is 85.1 Å². The lowest BCUT2D eigenvalue weighted by molar-refractivity contribution is -0.167. The predicted molar refractivity (Wildman–Crippen MR) is 311 cm³/mol. The standard InChI is InChI=1S/C66H114O6/c1-4-7-10-13-15-17-19-21-23-24-25-26-27-28-29-30-31-32-33-34-35-36-37-38-39-40-41-42-43-45-46-48-50-53-56-59-65(68)71-62-63(61-70-64(67)58-55-52-12-9-6-3)72-66(69)60-57-54-51-49-47-44-22-20-18-16-14-11-8-5-2/h7,10,14-17,20-23,25-26,28-29,63H,4-6,8-9,11-13,18-19,24,27,30-62H2,1-3H3/b10-7-,16-14-,17-15-,22-20-,23-21-,26-25-,29-28-. The third kappa shape index (κ3) is 57.5. The van der Waals surface area contributed by atoms with Crippen molar-refractivity contribution < 1.29 is 28.6 Å². The summed E-state index contributed by atoms with van der Waals surface area (Å²) >= 11 is 0. The third-order valence-electron chi connectivity index (χ3n) is 13.1. The molecule has 1 unspecified atom stereocenters. The maximum Gasteiger partial charge on any atom is 0.306 e. The molecule has 0 aromatic rings. The Morgan fingerprint density at radius 2 is 0.556 bits per heavy atom. The lowest BCUT2D eigenvalue weighted by Gasteiger charge is -2.18. The molecule has 414 valence electrons. The smallest absolute Gasteiger partial charge is 0.306 e. The molecule has 0 saturated carbocycles. The molecule has 0 rings (SSSR count). The summed E-state index contributed by atoms with van der Waals surface area (Å²) in [4.78, 5) is 37.8. The van der Waals surface area contributed by atoms with Gasteiger partial charge in [-0.15, -0.1) is 0 Å². The van der Waals surface area contributed by atoms with Gasteiger partial charge in [0.25, 0.3) is 0 Å². The van der Waals surface area contributed by atoms with Gasteiger partial charge in [0.15, 0.2) is 6.10 Å². The summed E-state index contributed by atoms with van der Waals surface area (Å²) in [6.07, 6.45) is 79.4. The quantitative estimate of drug-likeness (QED) is 0.0261. The molecule has 0 spiro atoms. The number of carbonyl (C=O) groups is 3. The van der Waals surface area contributed by atoms with Gasteiger partial charge < -0.3 is 14.2 Å². The summed E-state index contributed by atoms with van der Waals surface area (Å²) in [7, 11) is 0. The van der Waals surface area contributed by atoms with Gasteiger partial charge in [-0.2, -0.15) is 0 Å². The van der Waals surface area contributed by atoms with E-state index in [1.54, 1.807) is 0 Å². The second-order valence-electron chi connectivity index (χ2n) is 20.2. The van der Waals surface area contributed by atoms with Gasteiger partial charge in [0.2, 0.25) is 0 Å². The van der Waals surface area contributed by atoms with Crippen molar-refractivity contribution in [2.75, 3.05) is 13.2 Å². The molecule has 0 heterocycles. The summed E-state index contributed by atoms with van der Waals surface area (Å²) in [5.41, 5.74) is 0. The van der Waals surface area contributed by atoms with E-state index < -0.39 is 6.10 Å².